The third kappa shape index (κ3) is 4.29. The number of hydrogen-bond donors (Lipinski definition) is 1. The third-order valence-corrected chi connectivity index (χ3v) is 4.42. The molecule has 134 valence electrons. The molecule has 1 saturated carbocycles. The molecule has 0 radical (unpaired) electrons. The minimum atomic E-state index is -0.797. The predicted octanol–water partition coefficient (Wildman–Crippen LogP) is 3.95. The Morgan fingerprint density at radius 2 is 2.00 bits per heavy atom. The highest BCUT2D eigenvalue weighted by Crippen LogP contribution is 2.55. The van der Waals surface area contributed by atoms with Crippen molar-refractivity contribution in [3.8, 4) is 5.75 Å². The van der Waals surface area contributed by atoms with Gasteiger partial charge in [0.15, 0.2) is 0 Å². The zero-order chi connectivity index (χ0) is 18.6. The maximum atomic E-state index is 11.5. The average Bonchev–Trinajstić information content (AvgIpc) is 3.30. The van der Waals surface area contributed by atoms with Gasteiger partial charge in [-0.3, -0.25) is 9.79 Å². The van der Waals surface area contributed by atoms with Crippen molar-refractivity contribution >= 4 is 12.2 Å². The van der Waals surface area contributed by atoms with Gasteiger partial charge in [0.05, 0.1) is 25.8 Å². The van der Waals surface area contributed by atoms with Gasteiger partial charge in [-0.1, -0.05) is 18.7 Å². The topological polar surface area (TPSA) is 68.1 Å². The summed E-state index contributed by atoms with van der Waals surface area (Å²) in [5.74, 6) is 0.143. The van der Waals surface area contributed by atoms with Gasteiger partial charge in [0.25, 0.3) is 0 Å². The van der Waals surface area contributed by atoms with Gasteiger partial charge in [0.1, 0.15) is 11.5 Å². The van der Waals surface area contributed by atoms with Gasteiger partial charge in [0.2, 0.25) is 0 Å². The van der Waals surface area contributed by atoms with Crippen LogP contribution in [0.25, 0.3) is 0 Å². The Bertz CT molecular complexity index is 714. The molecule has 0 saturated heterocycles. The largest absolute Gasteiger partial charge is 0.497 e. The Morgan fingerprint density at radius 3 is 2.44 bits per heavy atom. The Morgan fingerprint density at radius 1 is 1.36 bits per heavy atom. The lowest BCUT2D eigenvalue weighted by Crippen LogP contribution is -2.22. The summed E-state index contributed by atoms with van der Waals surface area (Å²) in [6.45, 7) is 9.70. The Kier molecular flexibility index (Phi) is 5.67. The van der Waals surface area contributed by atoms with Crippen LogP contribution >= 0.6 is 0 Å². The van der Waals surface area contributed by atoms with Gasteiger partial charge >= 0.3 is 5.97 Å². The Hall–Kier alpha value is -2.56. The summed E-state index contributed by atoms with van der Waals surface area (Å²) in [7, 11) is 1.60. The van der Waals surface area contributed by atoms with E-state index in [1.807, 2.05) is 38.1 Å². The Balaban J connectivity index is 2.22. The van der Waals surface area contributed by atoms with Crippen LogP contribution in [-0.2, 0) is 14.9 Å². The number of aliphatic carboxylic acids is 1. The van der Waals surface area contributed by atoms with E-state index in [4.69, 9.17) is 9.47 Å². The molecule has 0 heterocycles. The first kappa shape index (κ1) is 18.8. The van der Waals surface area contributed by atoms with Crippen molar-refractivity contribution in [1.29, 1.82) is 0 Å². The van der Waals surface area contributed by atoms with Crippen molar-refractivity contribution < 1.29 is 19.4 Å². The van der Waals surface area contributed by atoms with Gasteiger partial charge in [-0.05, 0) is 50.5 Å². The summed E-state index contributed by atoms with van der Waals surface area (Å²) < 4.78 is 11.1. The van der Waals surface area contributed by atoms with E-state index in [2.05, 4.69) is 11.6 Å². The van der Waals surface area contributed by atoms with Crippen molar-refractivity contribution in [2.75, 3.05) is 13.7 Å². The van der Waals surface area contributed by atoms with Crippen molar-refractivity contribution in [3.05, 3.63) is 53.4 Å². The van der Waals surface area contributed by atoms with E-state index in [1.165, 1.54) is 0 Å². The van der Waals surface area contributed by atoms with E-state index < -0.39 is 17.3 Å². The van der Waals surface area contributed by atoms with Crippen LogP contribution in [0.2, 0.25) is 0 Å². The fourth-order valence-electron chi connectivity index (χ4n) is 2.80. The van der Waals surface area contributed by atoms with Crippen LogP contribution in [0.1, 0.15) is 32.8 Å². The third-order valence-electron chi connectivity index (χ3n) is 4.42. The molecule has 1 aliphatic rings. The molecule has 2 rings (SSSR count). The lowest BCUT2D eigenvalue weighted by molar-refractivity contribution is -0.139. The molecule has 0 spiro atoms. The quantitative estimate of drug-likeness (QED) is 0.573. The number of hydrogen-bond acceptors (Lipinski definition) is 4. The molecular formula is C20H25NO4. The normalized spacial score (nSPS) is 21.7. The van der Waals surface area contributed by atoms with Crippen LogP contribution in [-0.4, -0.2) is 31.0 Å². The summed E-state index contributed by atoms with van der Waals surface area (Å²) in [6, 6.07) is 7.52. The monoisotopic (exact) mass is 343 g/mol. The van der Waals surface area contributed by atoms with E-state index in [1.54, 1.807) is 20.2 Å². The summed E-state index contributed by atoms with van der Waals surface area (Å²) >= 11 is 0. The fraction of sp³-hybridized carbons (Fsp3) is 0.400. The molecule has 1 fully saturated rings. The molecule has 2 unspecified atom stereocenters. The molecule has 0 aromatic heterocycles. The maximum absolute atomic E-state index is 11.5. The van der Waals surface area contributed by atoms with Crippen molar-refractivity contribution in [2.24, 2.45) is 10.9 Å². The lowest BCUT2D eigenvalue weighted by atomic mass is 9.94. The number of ether oxygens (including phenoxy) is 2. The maximum Gasteiger partial charge on any atom is 0.307 e. The second-order valence-corrected chi connectivity index (χ2v) is 6.63. The zero-order valence-corrected chi connectivity index (χ0v) is 15.2. The fourth-order valence-corrected chi connectivity index (χ4v) is 2.80. The van der Waals surface area contributed by atoms with E-state index >= 15 is 0 Å². The second-order valence-electron chi connectivity index (χ2n) is 6.63. The van der Waals surface area contributed by atoms with Crippen molar-refractivity contribution in [1.82, 2.24) is 0 Å². The number of nitrogens with zero attached hydrogens (tertiary/aromatic N) is 1. The van der Waals surface area contributed by atoms with Crippen LogP contribution in [0.5, 0.6) is 5.75 Å². The smallest absolute Gasteiger partial charge is 0.307 e. The van der Waals surface area contributed by atoms with Crippen molar-refractivity contribution in [3.63, 3.8) is 0 Å². The number of benzene rings is 1. The number of allylic oxidation sites excluding steroid dienone is 3. The number of methoxy groups -OCH3 is 1. The molecule has 1 aliphatic carbocycles. The Labute approximate surface area is 148 Å². The SMILES string of the molecule is C=C(C)N=CC(OCC1(c2ccc(OC)cc2)CC1C(=O)O)=C(C)C. The lowest BCUT2D eigenvalue weighted by Gasteiger charge is -2.19. The van der Waals surface area contributed by atoms with Crippen molar-refractivity contribution in [2.45, 2.75) is 32.6 Å². The van der Waals surface area contributed by atoms with Crippen LogP contribution < -0.4 is 4.74 Å². The summed E-state index contributed by atoms with van der Waals surface area (Å²) in [5, 5.41) is 9.47. The average molecular weight is 343 g/mol. The molecule has 1 N–H and O–H groups in total. The van der Waals surface area contributed by atoms with Crippen LogP contribution in [0.4, 0.5) is 0 Å². The van der Waals surface area contributed by atoms with E-state index in [0.717, 1.165) is 16.9 Å². The number of carboxylic acid groups (broad SMARTS) is 1. The second kappa shape index (κ2) is 7.55. The molecule has 5 heteroatoms. The van der Waals surface area contributed by atoms with E-state index in [0.29, 0.717) is 24.5 Å². The first-order chi connectivity index (χ1) is 11.8. The predicted molar refractivity (Wildman–Crippen MR) is 98.0 cm³/mol. The molecule has 25 heavy (non-hydrogen) atoms. The molecular weight excluding hydrogens is 318 g/mol. The van der Waals surface area contributed by atoms with Gasteiger partial charge in [-0.2, -0.15) is 0 Å². The first-order valence-corrected chi connectivity index (χ1v) is 8.17. The van der Waals surface area contributed by atoms with Crippen LogP contribution in [0, 0.1) is 5.92 Å². The van der Waals surface area contributed by atoms with Crippen LogP contribution in [0.15, 0.2) is 52.9 Å². The highest BCUT2D eigenvalue weighted by molar-refractivity contribution is 5.79. The van der Waals surface area contributed by atoms with Gasteiger partial charge in [-0.25, -0.2) is 0 Å². The highest BCUT2D eigenvalue weighted by Gasteiger charge is 2.60. The van der Waals surface area contributed by atoms with E-state index in [-0.39, 0.29) is 0 Å². The molecule has 1 aromatic rings. The number of carbonyl (C=O) groups is 1. The minimum Gasteiger partial charge on any atom is -0.497 e. The minimum absolute atomic E-state index is 0.291. The molecule has 5 nitrogen and oxygen atoms in total. The zero-order valence-electron chi connectivity index (χ0n) is 15.2. The van der Waals surface area contributed by atoms with Crippen LogP contribution in [0.3, 0.4) is 0 Å². The van der Waals surface area contributed by atoms with Gasteiger partial charge in [-0.15, -0.1) is 0 Å². The van der Waals surface area contributed by atoms with Gasteiger partial charge < -0.3 is 14.6 Å². The summed E-state index contributed by atoms with van der Waals surface area (Å²) in [6.07, 6.45) is 2.19. The number of carboxylic acids is 1. The molecule has 0 amide bonds. The summed E-state index contributed by atoms with van der Waals surface area (Å²) in [4.78, 5) is 15.7. The first-order valence-electron chi connectivity index (χ1n) is 8.17. The molecule has 0 bridgehead atoms. The molecule has 1 aromatic carbocycles. The standard InChI is InChI=1S/C20H25NO4/c1-13(2)18(11-21-14(3)4)25-12-20(10-17(20)19(22)23)15-6-8-16(24-5)9-7-15/h6-9,11,17H,3,10,12H2,1-2,4-5H3,(H,22,23). The molecule has 0 aliphatic heterocycles. The molecule has 2 atom stereocenters. The summed E-state index contributed by atoms with van der Waals surface area (Å²) in [5.41, 5.74) is 2.09. The number of aliphatic imine (C=N–C) groups is 1. The number of rotatable bonds is 8. The van der Waals surface area contributed by atoms with E-state index in [9.17, 15) is 9.90 Å². The highest BCUT2D eigenvalue weighted by atomic mass is 16.5. The van der Waals surface area contributed by atoms with Gasteiger partial charge in [0, 0.05) is 11.1 Å².